The molecule has 0 aromatic rings. The van der Waals surface area contributed by atoms with Gasteiger partial charge in [0, 0.05) is 55.6 Å². The Morgan fingerprint density at radius 1 is 0.754 bits per heavy atom. The second kappa shape index (κ2) is 17.2. The Morgan fingerprint density at radius 3 is 1.72 bits per heavy atom. The molecule has 8 aliphatic rings. The van der Waals surface area contributed by atoms with Gasteiger partial charge in [0.2, 0.25) is 0 Å². The molecule has 4 aliphatic carbocycles. The van der Waals surface area contributed by atoms with Crippen molar-refractivity contribution >= 4 is 23.5 Å². The number of aliphatic hydroxyl groups is 2. The van der Waals surface area contributed by atoms with Crippen LogP contribution in [0, 0.1) is 59.2 Å². The Bertz CT molecular complexity index is 1920. The Hall–Kier alpha value is -3.52. The zero-order chi connectivity index (χ0) is 44.5. The highest BCUT2D eigenvalue weighted by Gasteiger charge is 2.68. The third kappa shape index (κ3) is 7.31. The van der Waals surface area contributed by atoms with Crippen molar-refractivity contribution in [2.24, 2.45) is 59.2 Å². The summed E-state index contributed by atoms with van der Waals surface area (Å²) in [4.78, 5) is 52.7. The van der Waals surface area contributed by atoms with Gasteiger partial charge in [-0.15, -0.1) is 6.58 Å². The van der Waals surface area contributed by atoms with Gasteiger partial charge in [0.15, 0.2) is 18.0 Å². The van der Waals surface area contributed by atoms with Gasteiger partial charge in [-0.05, 0) is 82.6 Å². The van der Waals surface area contributed by atoms with Crippen LogP contribution in [0.5, 0.6) is 0 Å². The first-order chi connectivity index (χ1) is 28.9. The number of carbonyl (C=O) groups excluding carboxylic acids is 4. The first-order valence-electron chi connectivity index (χ1n) is 22.2. The van der Waals surface area contributed by atoms with E-state index in [0.29, 0.717) is 12.8 Å². The highest BCUT2D eigenvalue weighted by molar-refractivity contribution is 6.00. The zero-order valence-electron chi connectivity index (χ0n) is 37.3. The third-order valence-corrected chi connectivity index (χ3v) is 15.5. The van der Waals surface area contributed by atoms with Gasteiger partial charge in [-0.25, -0.2) is 9.59 Å². The number of aliphatic hydroxyl groups excluding tert-OH is 2. The zero-order valence-corrected chi connectivity index (χ0v) is 37.3. The molecule has 8 rings (SSSR count). The summed E-state index contributed by atoms with van der Waals surface area (Å²) in [5.74, 6) is -2.16. The average Bonchev–Trinajstić information content (AvgIpc) is 3.50. The maximum absolute atomic E-state index is 13.8. The summed E-state index contributed by atoms with van der Waals surface area (Å²) in [6.07, 6.45) is 12.7. The normalized spacial score (nSPS) is 47.6. The van der Waals surface area contributed by atoms with Crippen molar-refractivity contribution in [2.45, 2.75) is 135 Å². The van der Waals surface area contributed by atoms with Crippen LogP contribution in [-0.2, 0) is 47.6 Å². The fourth-order valence-corrected chi connectivity index (χ4v) is 12.5. The van der Waals surface area contributed by atoms with E-state index in [9.17, 15) is 29.4 Å². The molecule has 3 fully saturated rings. The molecule has 61 heavy (non-hydrogen) atoms. The number of esters is 2. The van der Waals surface area contributed by atoms with Crippen LogP contribution in [-0.4, -0.2) is 108 Å². The molecule has 1 saturated carbocycles. The summed E-state index contributed by atoms with van der Waals surface area (Å²) in [6.45, 7) is 18.8. The van der Waals surface area contributed by atoms with Crippen LogP contribution in [0.4, 0.5) is 0 Å². The van der Waals surface area contributed by atoms with Crippen LogP contribution in [0.1, 0.15) is 74.7 Å². The van der Waals surface area contributed by atoms with Gasteiger partial charge in [0.25, 0.3) is 0 Å². The first kappa shape index (κ1) is 45.5. The topological polar surface area (TPSA) is 164 Å². The largest absolute Gasteiger partial charge is 0.457 e. The Balaban J connectivity index is 0.000000185. The summed E-state index contributed by atoms with van der Waals surface area (Å²) in [6, 6.07) is 0. The molecule has 2 N–H and O–H groups in total. The van der Waals surface area contributed by atoms with Crippen molar-refractivity contribution < 1.29 is 57.8 Å². The number of ether oxygens (including phenoxy) is 6. The highest BCUT2D eigenvalue weighted by atomic mass is 16.6. The minimum Gasteiger partial charge on any atom is -0.457 e. The monoisotopic (exact) mass is 846 g/mol. The van der Waals surface area contributed by atoms with E-state index in [2.05, 4.69) is 30.9 Å². The molecular formula is C49H66O12. The highest BCUT2D eigenvalue weighted by Crippen LogP contribution is 2.62. The predicted molar refractivity (Wildman–Crippen MR) is 225 cm³/mol. The molecular weight excluding hydrogens is 781 g/mol. The number of Topliss-reactive ketones (excluding diaryl/α,β-unsaturated/α-hetero) is 2. The number of carbonyl (C=O) groups is 4. The molecule has 0 unspecified atom stereocenters. The lowest BCUT2D eigenvalue weighted by Gasteiger charge is -2.46. The second-order valence-electron chi connectivity index (χ2n) is 19.1. The van der Waals surface area contributed by atoms with Crippen LogP contribution in [0.2, 0.25) is 0 Å². The fourth-order valence-electron chi connectivity index (χ4n) is 12.5. The summed E-state index contributed by atoms with van der Waals surface area (Å²) in [5, 5.41) is 20.5. The number of cyclic esters (lactones) is 2. The number of hydrogen-bond donors (Lipinski definition) is 2. The molecule has 8 bridgehead atoms. The van der Waals surface area contributed by atoms with Crippen molar-refractivity contribution in [3.05, 3.63) is 71.9 Å². The van der Waals surface area contributed by atoms with Gasteiger partial charge in [0.1, 0.15) is 29.2 Å². The lowest BCUT2D eigenvalue weighted by molar-refractivity contribution is -0.172. The van der Waals surface area contributed by atoms with Crippen LogP contribution in [0.15, 0.2) is 71.9 Å². The Kier molecular flexibility index (Phi) is 12.8. The van der Waals surface area contributed by atoms with E-state index in [1.165, 1.54) is 14.2 Å². The molecule has 0 aromatic carbocycles. The van der Waals surface area contributed by atoms with Crippen molar-refractivity contribution in [3.8, 4) is 0 Å². The average molecular weight is 847 g/mol. The fraction of sp³-hybridized carbons (Fsp3) is 0.673. The molecule has 0 radical (unpaired) electrons. The molecule has 2 saturated heterocycles. The summed E-state index contributed by atoms with van der Waals surface area (Å²) >= 11 is 0. The second-order valence-corrected chi connectivity index (χ2v) is 19.1. The van der Waals surface area contributed by atoms with Gasteiger partial charge >= 0.3 is 11.9 Å². The van der Waals surface area contributed by atoms with Crippen molar-refractivity contribution in [2.75, 3.05) is 14.2 Å². The number of hydrogen-bond acceptors (Lipinski definition) is 12. The minimum atomic E-state index is -0.843. The van der Waals surface area contributed by atoms with Gasteiger partial charge < -0.3 is 38.6 Å². The van der Waals surface area contributed by atoms with Crippen molar-refractivity contribution in [1.29, 1.82) is 0 Å². The number of ketones is 2. The molecule has 0 amide bonds. The van der Waals surface area contributed by atoms with E-state index < -0.39 is 59.8 Å². The Labute approximate surface area is 360 Å². The molecule has 334 valence electrons. The molecule has 4 aliphatic heterocycles. The quantitative estimate of drug-likeness (QED) is 0.251. The summed E-state index contributed by atoms with van der Waals surface area (Å²) in [5.41, 5.74) is 1.02. The number of rotatable bonds is 6. The lowest BCUT2D eigenvalue weighted by atomic mass is 9.56. The van der Waals surface area contributed by atoms with E-state index in [-0.39, 0.29) is 83.0 Å². The van der Waals surface area contributed by atoms with Gasteiger partial charge in [-0.2, -0.15) is 0 Å². The third-order valence-electron chi connectivity index (χ3n) is 15.5. The molecule has 20 atom stereocenters. The van der Waals surface area contributed by atoms with E-state index >= 15 is 0 Å². The van der Waals surface area contributed by atoms with Crippen LogP contribution >= 0.6 is 0 Å². The first-order valence-corrected chi connectivity index (χ1v) is 22.2. The van der Waals surface area contributed by atoms with Crippen LogP contribution < -0.4 is 0 Å². The summed E-state index contributed by atoms with van der Waals surface area (Å²) in [7, 11) is 2.97. The molecule has 12 heteroatoms. The maximum Gasteiger partial charge on any atom is 0.335 e. The molecule has 2 spiro atoms. The predicted octanol–water partition coefficient (Wildman–Crippen LogP) is 5.61. The SMILES string of the molecule is C=CC[C@H]1[C@@H]2O[C@@]34/C(C)=C/[C@@H](C)[C@@H]([C@@H](C)O)OC(=O)[C@@H](OC)C[C@H]3C=C[C@@H]2[C@H]4C(=O)[C@@H]1C.CO[C@H]1C[C@H]2C=C[C@H]3[C@@H]4C=C(C)C(=O)[C@H]3[C@]2(O4)/C(C)=C/[C@@H](C)[C@@H]([C@@H](C)O)OC1=O. The number of methoxy groups -OCH3 is 2. The number of allylic oxidation sites excluding steroid dienone is 2. The van der Waals surface area contributed by atoms with Crippen molar-refractivity contribution in [1.82, 2.24) is 0 Å². The van der Waals surface area contributed by atoms with Gasteiger partial charge in [-0.1, -0.05) is 63.3 Å². The summed E-state index contributed by atoms with van der Waals surface area (Å²) < 4.78 is 36.0. The smallest absolute Gasteiger partial charge is 0.335 e. The van der Waals surface area contributed by atoms with E-state index in [1.54, 1.807) is 13.8 Å². The Morgan fingerprint density at radius 2 is 1.25 bits per heavy atom. The van der Waals surface area contributed by atoms with Gasteiger partial charge in [-0.3, -0.25) is 9.59 Å². The van der Waals surface area contributed by atoms with Crippen LogP contribution in [0.25, 0.3) is 0 Å². The molecule has 12 nitrogen and oxygen atoms in total. The van der Waals surface area contributed by atoms with Gasteiger partial charge in [0.05, 0.1) is 36.3 Å². The molecule has 4 heterocycles. The van der Waals surface area contributed by atoms with E-state index in [4.69, 9.17) is 28.4 Å². The van der Waals surface area contributed by atoms with Crippen molar-refractivity contribution in [3.63, 3.8) is 0 Å². The van der Waals surface area contributed by atoms with E-state index in [1.807, 2.05) is 65.8 Å². The standard InChI is InChI=1S/C26H36O6.C23H30O6/c1-7-8-18-15(4)22(28)21-19-10-9-17-12-20(30-6)25(29)31-23(16(5)27)13(2)11-14(3)26(17,21)32-24(18)19;1-11-9-17-16-7-6-15-10-18(27-5)22(26)28-21(14(4)24)12(2)8-13(3)23(15,29-17)19(16)20(11)25/h7,9-11,13,15-21,23-24,27H,1,8,12H2,2-6H3;6-9,12,14-19,21,24H,10H2,1-5H3/b14-11+;13-8+/t13-,15-,16-,17-,18-,19-,20+,21+,23+,24+,26+;12-,14-,15-,16+,17+,18+,19+,21+,23+/m11/s1. The van der Waals surface area contributed by atoms with E-state index in [0.717, 1.165) is 23.1 Å². The minimum absolute atomic E-state index is 0.00422. The maximum atomic E-state index is 13.8. The molecule has 0 aromatic heterocycles. The lowest BCUT2D eigenvalue weighted by Crippen LogP contribution is -2.54. The van der Waals surface area contributed by atoms with Crippen LogP contribution in [0.3, 0.4) is 0 Å².